The fraction of sp³-hybridized carbons (Fsp3) is 0.300. The van der Waals surface area contributed by atoms with Crippen molar-refractivity contribution in [2.24, 2.45) is 5.41 Å². The van der Waals surface area contributed by atoms with Gasteiger partial charge in [0.2, 0.25) is 0 Å². The van der Waals surface area contributed by atoms with Gasteiger partial charge in [-0.15, -0.1) is 0 Å². The number of hydrogen-bond acceptors (Lipinski definition) is 1. The third kappa shape index (κ3) is 4.02. The Balaban J connectivity index is 1.94. The van der Waals surface area contributed by atoms with Crippen LogP contribution in [0, 0.1) is 5.41 Å². The molecular weight excluding hydrogens is 366 g/mol. The van der Waals surface area contributed by atoms with E-state index in [0.29, 0.717) is 5.41 Å². The van der Waals surface area contributed by atoms with Crippen molar-refractivity contribution in [2.75, 3.05) is 5.33 Å². The molecule has 1 nitrogen and oxygen atoms in total. The Kier molecular flexibility index (Phi) is 5.17. The van der Waals surface area contributed by atoms with Gasteiger partial charge in [-0.3, -0.25) is 0 Å². The molecule has 1 heterocycles. The molecule has 0 spiro atoms. The maximum atomic E-state index is 3.64. The van der Waals surface area contributed by atoms with E-state index in [-0.39, 0.29) is 0 Å². The van der Waals surface area contributed by atoms with E-state index < -0.39 is 0 Å². The highest BCUT2D eigenvalue weighted by molar-refractivity contribution is 9.09. The molecule has 23 heavy (non-hydrogen) atoms. The highest BCUT2D eigenvalue weighted by atomic mass is 79.9. The van der Waals surface area contributed by atoms with Gasteiger partial charge in [0.05, 0.1) is 5.03 Å². The van der Waals surface area contributed by atoms with Gasteiger partial charge in [-0.2, -0.15) is 0 Å². The lowest BCUT2D eigenvalue weighted by Gasteiger charge is -2.22. The zero-order chi connectivity index (χ0) is 16.3. The molecule has 0 radical (unpaired) electrons. The fourth-order valence-electron chi connectivity index (χ4n) is 2.59. The monoisotopic (exact) mass is 387 g/mol. The van der Waals surface area contributed by atoms with E-state index in [2.05, 4.69) is 95.0 Å². The van der Waals surface area contributed by atoms with Crippen LogP contribution in [0.2, 0.25) is 0 Å². The summed E-state index contributed by atoms with van der Waals surface area (Å²) in [6, 6.07) is 21.6. The summed E-state index contributed by atoms with van der Waals surface area (Å²) in [5.41, 5.74) is 1.64. The number of hydrogen-bond donors (Lipinski definition) is 0. The van der Waals surface area contributed by atoms with Gasteiger partial charge in [0.25, 0.3) is 0 Å². The van der Waals surface area contributed by atoms with Crippen LogP contribution in [0.5, 0.6) is 0 Å². The minimum atomic E-state index is 0.306. The van der Waals surface area contributed by atoms with Crippen LogP contribution in [-0.4, -0.2) is 9.90 Å². The lowest BCUT2D eigenvalue weighted by Crippen LogP contribution is -2.16. The van der Waals surface area contributed by atoms with Crippen molar-refractivity contribution >= 4 is 38.6 Å². The summed E-state index contributed by atoms with van der Waals surface area (Å²) >= 11 is 5.49. The van der Waals surface area contributed by atoms with E-state index >= 15 is 0 Å². The van der Waals surface area contributed by atoms with Crippen molar-refractivity contribution < 1.29 is 0 Å². The van der Waals surface area contributed by atoms with Gasteiger partial charge in [-0.25, -0.2) is 0 Å². The molecule has 0 amide bonds. The Bertz CT molecular complexity index is 777. The summed E-state index contributed by atoms with van der Waals surface area (Å²) in [5.74, 6) is 0. The van der Waals surface area contributed by atoms with Gasteiger partial charge in [0, 0.05) is 27.7 Å². The SMILES string of the molecule is CC(C)(CBr)CCn1c(Sc2ccccc2)cc2ccccc21. The van der Waals surface area contributed by atoms with Gasteiger partial charge in [0.1, 0.15) is 0 Å². The Hall–Kier alpha value is -1.19. The van der Waals surface area contributed by atoms with E-state index in [9.17, 15) is 0 Å². The van der Waals surface area contributed by atoms with Gasteiger partial charge in [-0.1, -0.05) is 77.9 Å². The van der Waals surface area contributed by atoms with Gasteiger partial charge in [-0.05, 0) is 36.1 Å². The summed E-state index contributed by atoms with van der Waals surface area (Å²) in [6.07, 6.45) is 1.15. The van der Waals surface area contributed by atoms with Gasteiger partial charge < -0.3 is 4.57 Å². The van der Waals surface area contributed by atoms with E-state index in [1.54, 1.807) is 0 Å². The molecule has 3 aromatic rings. The van der Waals surface area contributed by atoms with Crippen LogP contribution in [-0.2, 0) is 6.54 Å². The van der Waals surface area contributed by atoms with Crippen molar-refractivity contribution in [1.29, 1.82) is 0 Å². The maximum Gasteiger partial charge on any atom is 0.0807 e. The Morgan fingerprint density at radius 1 is 1.00 bits per heavy atom. The molecule has 0 aliphatic carbocycles. The normalized spacial score (nSPS) is 12.0. The third-order valence-corrected chi connectivity index (χ3v) is 6.69. The average molecular weight is 388 g/mol. The molecule has 0 saturated heterocycles. The molecule has 0 saturated carbocycles. The molecule has 0 aliphatic heterocycles. The summed E-state index contributed by atoms with van der Waals surface area (Å²) in [7, 11) is 0. The molecule has 0 atom stereocenters. The number of aryl methyl sites for hydroxylation is 1. The first-order valence-electron chi connectivity index (χ1n) is 7.96. The molecule has 0 unspecified atom stereocenters. The van der Waals surface area contributed by atoms with E-state index in [0.717, 1.165) is 18.3 Å². The Morgan fingerprint density at radius 3 is 2.43 bits per heavy atom. The smallest absolute Gasteiger partial charge is 0.0807 e. The summed E-state index contributed by atoms with van der Waals surface area (Å²) in [4.78, 5) is 1.29. The molecule has 0 N–H and O–H groups in total. The predicted octanol–water partition coefficient (Wildman–Crippen LogP) is 6.60. The summed E-state index contributed by atoms with van der Waals surface area (Å²) < 4.78 is 2.47. The number of halogens is 1. The minimum Gasteiger partial charge on any atom is -0.335 e. The van der Waals surface area contributed by atoms with Crippen molar-refractivity contribution in [2.45, 2.75) is 36.7 Å². The lowest BCUT2D eigenvalue weighted by atomic mass is 9.92. The van der Waals surface area contributed by atoms with Crippen molar-refractivity contribution in [1.82, 2.24) is 4.57 Å². The van der Waals surface area contributed by atoms with Crippen LogP contribution < -0.4 is 0 Å². The summed E-state index contributed by atoms with van der Waals surface area (Å²) in [5, 5.41) is 3.67. The number of nitrogens with zero attached hydrogens (tertiary/aromatic N) is 1. The molecule has 0 fully saturated rings. The number of alkyl halides is 1. The molecular formula is C20H22BrNS. The second-order valence-corrected chi connectivity index (χ2v) is 8.31. The first kappa shape index (κ1) is 16.7. The van der Waals surface area contributed by atoms with Crippen molar-refractivity contribution in [3.8, 4) is 0 Å². The topological polar surface area (TPSA) is 4.93 Å². The molecule has 1 aromatic heterocycles. The van der Waals surface area contributed by atoms with E-state index in [4.69, 9.17) is 0 Å². The van der Waals surface area contributed by atoms with Crippen LogP contribution in [0.4, 0.5) is 0 Å². The Morgan fingerprint density at radius 2 is 1.70 bits per heavy atom. The Labute approximate surface area is 151 Å². The number of fused-ring (bicyclic) bond motifs is 1. The molecule has 3 rings (SSSR count). The lowest BCUT2D eigenvalue weighted by molar-refractivity contribution is 0.358. The predicted molar refractivity (Wildman–Crippen MR) is 105 cm³/mol. The van der Waals surface area contributed by atoms with E-state index in [1.165, 1.54) is 20.8 Å². The molecule has 3 heteroatoms. The zero-order valence-electron chi connectivity index (χ0n) is 13.6. The molecule has 0 bridgehead atoms. The van der Waals surface area contributed by atoms with Gasteiger partial charge >= 0.3 is 0 Å². The quantitative estimate of drug-likeness (QED) is 0.431. The highest BCUT2D eigenvalue weighted by Crippen LogP contribution is 2.34. The molecule has 2 aromatic carbocycles. The number of rotatable bonds is 6. The van der Waals surface area contributed by atoms with Gasteiger partial charge in [0.15, 0.2) is 0 Å². The second kappa shape index (κ2) is 7.14. The minimum absolute atomic E-state index is 0.306. The van der Waals surface area contributed by atoms with Crippen molar-refractivity contribution in [3.05, 3.63) is 60.7 Å². The van der Waals surface area contributed by atoms with Crippen LogP contribution in [0.3, 0.4) is 0 Å². The summed E-state index contributed by atoms with van der Waals surface area (Å²) in [6.45, 7) is 5.68. The standard InChI is InChI=1S/C20H22BrNS/c1-20(2,15-21)12-13-22-18-11-7-6-8-16(18)14-19(22)23-17-9-4-3-5-10-17/h3-11,14H,12-13,15H2,1-2H3. The number of aromatic nitrogens is 1. The van der Waals surface area contributed by atoms with Crippen LogP contribution in [0.15, 0.2) is 70.6 Å². The zero-order valence-corrected chi connectivity index (χ0v) is 16.0. The first-order chi connectivity index (χ1) is 11.1. The molecule has 0 aliphatic rings. The van der Waals surface area contributed by atoms with Crippen LogP contribution in [0.1, 0.15) is 20.3 Å². The third-order valence-electron chi connectivity index (χ3n) is 4.11. The average Bonchev–Trinajstić information content (AvgIpc) is 2.91. The van der Waals surface area contributed by atoms with E-state index in [1.807, 2.05) is 11.8 Å². The first-order valence-corrected chi connectivity index (χ1v) is 9.90. The second-order valence-electron chi connectivity index (χ2n) is 6.66. The van der Waals surface area contributed by atoms with Crippen molar-refractivity contribution in [3.63, 3.8) is 0 Å². The highest BCUT2D eigenvalue weighted by Gasteiger charge is 2.18. The maximum absolute atomic E-state index is 3.64. The largest absolute Gasteiger partial charge is 0.335 e. The number of benzene rings is 2. The molecule has 120 valence electrons. The van der Waals surface area contributed by atoms with Crippen LogP contribution >= 0.6 is 27.7 Å². The number of para-hydroxylation sites is 1. The fourth-order valence-corrected chi connectivity index (χ4v) is 3.89. The van der Waals surface area contributed by atoms with Crippen LogP contribution in [0.25, 0.3) is 10.9 Å².